The van der Waals surface area contributed by atoms with Crippen LogP contribution >= 0.6 is 0 Å². The monoisotopic (exact) mass is 470 g/mol. The number of esters is 2. The molecule has 0 fully saturated rings. The number of carbonyl (C=O) groups is 2. The number of hydrogen-bond donors (Lipinski definition) is 0. The molecule has 2 aromatic carbocycles. The van der Waals surface area contributed by atoms with Gasteiger partial charge in [-0.25, -0.2) is 0 Å². The van der Waals surface area contributed by atoms with Gasteiger partial charge in [0.15, 0.2) is 0 Å². The van der Waals surface area contributed by atoms with Gasteiger partial charge in [0.25, 0.3) is 0 Å². The normalized spacial score (nSPS) is 11.8. The molecule has 0 aliphatic rings. The molecule has 0 heterocycles. The molecule has 0 aliphatic heterocycles. The number of benzene rings is 2. The van der Waals surface area contributed by atoms with E-state index >= 15 is 0 Å². The molecule has 6 heteroatoms. The molecule has 0 saturated heterocycles. The van der Waals surface area contributed by atoms with Crippen molar-refractivity contribution in [3.63, 3.8) is 0 Å². The van der Waals surface area contributed by atoms with Crippen molar-refractivity contribution in [3.05, 3.63) is 60.7 Å². The first-order valence-corrected chi connectivity index (χ1v) is 11.8. The van der Waals surface area contributed by atoms with Crippen molar-refractivity contribution < 1.29 is 28.5 Å². The smallest absolute Gasteiger partial charge is 0.311 e. The highest BCUT2D eigenvalue weighted by Gasteiger charge is 2.24. The van der Waals surface area contributed by atoms with Crippen LogP contribution in [0.1, 0.15) is 53.4 Å². The van der Waals surface area contributed by atoms with Crippen LogP contribution in [0.5, 0.6) is 11.5 Å². The van der Waals surface area contributed by atoms with Crippen molar-refractivity contribution in [1.82, 2.24) is 0 Å². The van der Waals surface area contributed by atoms with Gasteiger partial charge in [-0.2, -0.15) is 0 Å². The van der Waals surface area contributed by atoms with E-state index in [1.165, 1.54) is 0 Å². The summed E-state index contributed by atoms with van der Waals surface area (Å²) in [5.74, 6) is 0.644. The molecule has 0 bridgehead atoms. The maximum Gasteiger partial charge on any atom is 0.311 e. The molecule has 0 atom stereocenters. The highest BCUT2D eigenvalue weighted by Crippen LogP contribution is 2.27. The van der Waals surface area contributed by atoms with Gasteiger partial charge in [-0.15, -0.1) is 0 Å². The van der Waals surface area contributed by atoms with Crippen LogP contribution in [0.2, 0.25) is 0 Å². The van der Waals surface area contributed by atoms with Crippen molar-refractivity contribution in [2.75, 3.05) is 26.4 Å². The topological polar surface area (TPSA) is 71.1 Å². The van der Waals surface area contributed by atoms with Crippen molar-refractivity contribution in [2.24, 2.45) is 10.8 Å². The predicted octanol–water partition coefficient (Wildman–Crippen LogP) is 5.84. The third-order valence-electron chi connectivity index (χ3n) is 5.41. The summed E-state index contributed by atoms with van der Waals surface area (Å²) in [6, 6.07) is 18.2. The molecule has 0 unspecified atom stereocenters. The summed E-state index contributed by atoms with van der Waals surface area (Å²) in [4.78, 5) is 24.3. The minimum atomic E-state index is -0.241. The second-order valence-corrected chi connectivity index (χ2v) is 9.98. The van der Waals surface area contributed by atoms with Crippen LogP contribution in [-0.4, -0.2) is 38.4 Å². The van der Waals surface area contributed by atoms with Crippen molar-refractivity contribution in [1.29, 1.82) is 0 Å². The second kappa shape index (κ2) is 13.9. The van der Waals surface area contributed by atoms with Gasteiger partial charge in [-0.1, -0.05) is 64.1 Å². The summed E-state index contributed by atoms with van der Waals surface area (Å²) in [6.07, 6.45) is 2.13. The molecule has 0 amide bonds. The number of ether oxygens (including phenoxy) is 4. The summed E-state index contributed by atoms with van der Waals surface area (Å²) in [5.41, 5.74) is -0.434. The quantitative estimate of drug-likeness (QED) is 0.185. The summed E-state index contributed by atoms with van der Waals surface area (Å²) in [5, 5.41) is 0. The molecule has 2 aromatic rings. The molecule has 0 saturated carbocycles. The van der Waals surface area contributed by atoms with E-state index in [2.05, 4.69) is 0 Å². The number of hydrogen-bond acceptors (Lipinski definition) is 6. The first kappa shape index (κ1) is 27.5. The van der Waals surface area contributed by atoms with E-state index in [9.17, 15) is 9.59 Å². The highest BCUT2D eigenvalue weighted by molar-refractivity contribution is 5.73. The van der Waals surface area contributed by atoms with Gasteiger partial charge in [0.1, 0.15) is 11.5 Å². The lowest BCUT2D eigenvalue weighted by atomic mass is 9.86. The molecule has 186 valence electrons. The lowest BCUT2D eigenvalue weighted by molar-refractivity contribution is -0.138. The summed E-state index contributed by atoms with van der Waals surface area (Å²) in [6.45, 7) is 10.2. The molecule has 0 aromatic heterocycles. The Balaban J connectivity index is 1.52. The van der Waals surface area contributed by atoms with Crippen molar-refractivity contribution in [3.8, 4) is 11.5 Å². The maximum atomic E-state index is 12.2. The SMILES string of the molecule is CC(C)(CCOCCOCCC(C)(C)CC(=O)Oc1ccccc1)CC(=O)Oc1ccccc1. The second-order valence-electron chi connectivity index (χ2n) is 9.98. The molecular formula is C28H38O6. The number of carbonyl (C=O) groups excluding carboxylic acids is 2. The van der Waals surface area contributed by atoms with Crippen LogP contribution < -0.4 is 9.47 Å². The zero-order chi connectivity index (χ0) is 24.9. The molecule has 0 spiro atoms. The fourth-order valence-electron chi connectivity index (χ4n) is 3.29. The Kier molecular flexibility index (Phi) is 11.2. The number of rotatable bonds is 15. The van der Waals surface area contributed by atoms with E-state index < -0.39 is 0 Å². The Morgan fingerprint density at radius 1 is 0.588 bits per heavy atom. The first-order chi connectivity index (χ1) is 16.2. The fraction of sp³-hybridized carbons (Fsp3) is 0.500. The van der Waals surface area contributed by atoms with E-state index in [-0.39, 0.29) is 22.8 Å². The van der Waals surface area contributed by atoms with E-state index in [4.69, 9.17) is 18.9 Å². The number of para-hydroxylation sites is 2. The van der Waals surface area contributed by atoms with Gasteiger partial charge >= 0.3 is 11.9 Å². The average molecular weight is 471 g/mol. The third kappa shape index (κ3) is 12.0. The Morgan fingerprint density at radius 3 is 1.29 bits per heavy atom. The van der Waals surface area contributed by atoms with Gasteiger partial charge < -0.3 is 18.9 Å². The lowest BCUT2D eigenvalue weighted by Gasteiger charge is -2.24. The van der Waals surface area contributed by atoms with Crippen LogP contribution in [0.4, 0.5) is 0 Å². The van der Waals surface area contributed by atoms with Crippen LogP contribution in [0.25, 0.3) is 0 Å². The fourth-order valence-corrected chi connectivity index (χ4v) is 3.29. The largest absolute Gasteiger partial charge is 0.427 e. The van der Waals surface area contributed by atoms with Crippen LogP contribution in [0, 0.1) is 10.8 Å². The molecule has 0 N–H and O–H groups in total. The summed E-state index contributed by atoms with van der Waals surface area (Å²) >= 11 is 0. The Morgan fingerprint density at radius 2 is 0.941 bits per heavy atom. The van der Waals surface area contributed by atoms with Gasteiger partial charge in [0.2, 0.25) is 0 Å². The van der Waals surface area contributed by atoms with E-state index in [1.807, 2.05) is 64.1 Å². The zero-order valence-electron chi connectivity index (χ0n) is 20.9. The van der Waals surface area contributed by atoms with Gasteiger partial charge in [-0.05, 0) is 47.9 Å². The molecule has 6 nitrogen and oxygen atoms in total. The van der Waals surface area contributed by atoms with Gasteiger partial charge in [0.05, 0.1) is 26.1 Å². The molecule has 2 rings (SSSR count). The van der Waals surface area contributed by atoms with Gasteiger partial charge in [0, 0.05) is 13.2 Å². The maximum absolute atomic E-state index is 12.2. The Hall–Kier alpha value is -2.70. The standard InChI is InChI=1S/C28H38O6/c1-27(2,21-25(29)33-23-11-7-5-8-12-23)15-17-31-19-20-32-18-16-28(3,4)22-26(30)34-24-13-9-6-10-14-24/h5-14H,15-22H2,1-4H3. The van der Waals surface area contributed by atoms with E-state index in [1.54, 1.807) is 24.3 Å². The van der Waals surface area contributed by atoms with Crippen LogP contribution in [-0.2, 0) is 19.1 Å². The molecular weight excluding hydrogens is 432 g/mol. The average Bonchev–Trinajstić information content (AvgIpc) is 2.76. The van der Waals surface area contributed by atoms with Crippen LogP contribution in [0.3, 0.4) is 0 Å². The van der Waals surface area contributed by atoms with Crippen LogP contribution in [0.15, 0.2) is 60.7 Å². The molecule has 0 radical (unpaired) electrons. The van der Waals surface area contributed by atoms with Crippen molar-refractivity contribution >= 4 is 11.9 Å². The van der Waals surface area contributed by atoms with Gasteiger partial charge in [-0.3, -0.25) is 9.59 Å². The predicted molar refractivity (Wildman–Crippen MR) is 132 cm³/mol. The minimum absolute atomic E-state index is 0.217. The summed E-state index contributed by atoms with van der Waals surface area (Å²) in [7, 11) is 0. The summed E-state index contributed by atoms with van der Waals surface area (Å²) < 4.78 is 22.1. The molecule has 34 heavy (non-hydrogen) atoms. The van der Waals surface area contributed by atoms with E-state index in [0.717, 1.165) is 12.8 Å². The highest BCUT2D eigenvalue weighted by atomic mass is 16.5. The third-order valence-corrected chi connectivity index (χ3v) is 5.41. The molecule has 0 aliphatic carbocycles. The zero-order valence-corrected chi connectivity index (χ0v) is 20.9. The lowest BCUT2D eigenvalue weighted by Crippen LogP contribution is -2.23. The van der Waals surface area contributed by atoms with E-state index in [0.29, 0.717) is 50.8 Å². The minimum Gasteiger partial charge on any atom is -0.427 e. The Labute approximate surface area is 203 Å². The first-order valence-electron chi connectivity index (χ1n) is 11.8. The Bertz CT molecular complexity index is 787. The van der Waals surface area contributed by atoms with Crippen molar-refractivity contribution in [2.45, 2.75) is 53.4 Å².